The normalized spacial score (nSPS) is 10.8. The highest BCUT2D eigenvalue weighted by Gasteiger charge is 2.06. The van der Waals surface area contributed by atoms with Crippen LogP contribution in [-0.2, 0) is 4.79 Å². The molecule has 0 atom stereocenters. The molecule has 1 N–H and O–H groups in total. The van der Waals surface area contributed by atoms with Crippen molar-refractivity contribution in [1.82, 2.24) is 0 Å². The molecule has 102 valence electrons. The third kappa shape index (κ3) is 3.81. The number of nitrogens with one attached hydrogen (secondary N) is 1. The summed E-state index contributed by atoms with van der Waals surface area (Å²) in [5.41, 5.74) is 3.96. The van der Waals surface area contributed by atoms with Gasteiger partial charge in [0, 0.05) is 16.2 Å². The van der Waals surface area contributed by atoms with E-state index < -0.39 is 0 Å². The predicted molar refractivity (Wildman–Crippen MR) is 87.7 cm³/mol. The van der Waals surface area contributed by atoms with E-state index in [9.17, 15) is 4.79 Å². The number of hydrogen-bond donors (Lipinski definition) is 1. The van der Waals surface area contributed by atoms with Crippen molar-refractivity contribution in [3.8, 4) is 0 Å². The van der Waals surface area contributed by atoms with E-state index in [4.69, 9.17) is 0 Å². The van der Waals surface area contributed by atoms with Crippen molar-refractivity contribution < 1.29 is 4.79 Å². The van der Waals surface area contributed by atoms with Crippen molar-refractivity contribution in [3.63, 3.8) is 0 Å². The number of benzene rings is 2. The first-order valence-corrected chi connectivity index (χ1v) is 7.16. The van der Waals surface area contributed by atoms with Gasteiger partial charge in [-0.2, -0.15) is 0 Å². The number of anilines is 1. The van der Waals surface area contributed by atoms with Crippen LogP contribution in [0.4, 0.5) is 5.69 Å². The van der Waals surface area contributed by atoms with Gasteiger partial charge in [-0.15, -0.1) is 0 Å². The maximum atomic E-state index is 12.0. The van der Waals surface area contributed by atoms with Gasteiger partial charge >= 0.3 is 0 Å². The van der Waals surface area contributed by atoms with Gasteiger partial charge in [0.1, 0.15) is 0 Å². The summed E-state index contributed by atoms with van der Waals surface area (Å²) in [4.78, 5) is 12.0. The second kappa shape index (κ2) is 6.53. The van der Waals surface area contributed by atoms with Crippen LogP contribution in [0.5, 0.6) is 0 Å². The lowest BCUT2D eigenvalue weighted by Crippen LogP contribution is -2.10. The van der Waals surface area contributed by atoms with Crippen molar-refractivity contribution in [2.45, 2.75) is 13.8 Å². The second-order valence-electron chi connectivity index (χ2n) is 4.65. The minimum atomic E-state index is -0.123. The van der Waals surface area contributed by atoms with E-state index in [1.165, 1.54) is 0 Å². The predicted octanol–water partition coefficient (Wildman–Crippen LogP) is 4.72. The number of halogens is 1. The molecule has 2 rings (SSSR count). The third-order valence-corrected chi connectivity index (χ3v) is 3.43. The Balaban J connectivity index is 2.11. The Hall–Kier alpha value is -1.87. The summed E-state index contributed by atoms with van der Waals surface area (Å²) >= 11 is 3.45. The highest BCUT2D eigenvalue weighted by Crippen LogP contribution is 2.25. The Morgan fingerprint density at radius 2 is 1.70 bits per heavy atom. The molecule has 0 radical (unpaired) electrons. The molecule has 3 heteroatoms. The first-order valence-electron chi connectivity index (χ1n) is 6.37. The van der Waals surface area contributed by atoms with E-state index in [-0.39, 0.29) is 5.91 Å². The van der Waals surface area contributed by atoms with Crippen molar-refractivity contribution in [2.75, 3.05) is 5.32 Å². The molecular formula is C17H16BrNO. The minimum absolute atomic E-state index is 0.123. The van der Waals surface area contributed by atoms with E-state index in [1.54, 1.807) is 12.2 Å². The fraction of sp³-hybridized carbons (Fsp3) is 0.118. The maximum absolute atomic E-state index is 12.0. The highest BCUT2D eigenvalue weighted by molar-refractivity contribution is 9.10. The van der Waals surface area contributed by atoms with E-state index in [0.717, 1.165) is 26.9 Å². The Morgan fingerprint density at radius 1 is 1.10 bits per heavy atom. The van der Waals surface area contributed by atoms with E-state index in [1.807, 2.05) is 56.3 Å². The SMILES string of the molecule is Cc1cc(Br)cc(C)c1NC(=O)C=Cc1ccccc1. The Labute approximate surface area is 127 Å². The minimum Gasteiger partial charge on any atom is -0.322 e. The average molecular weight is 330 g/mol. The summed E-state index contributed by atoms with van der Waals surface area (Å²) in [5, 5.41) is 2.93. The number of hydrogen-bond acceptors (Lipinski definition) is 1. The zero-order valence-corrected chi connectivity index (χ0v) is 13.1. The lowest BCUT2D eigenvalue weighted by Gasteiger charge is -2.10. The molecular weight excluding hydrogens is 314 g/mol. The van der Waals surface area contributed by atoms with Crippen molar-refractivity contribution in [3.05, 3.63) is 69.7 Å². The first-order chi connectivity index (χ1) is 9.56. The molecule has 0 aliphatic carbocycles. The van der Waals surface area contributed by atoms with Crippen molar-refractivity contribution in [2.24, 2.45) is 0 Å². The summed E-state index contributed by atoms with van der Waals surface area (Å²) in [5.74, 6) is -0.123. The van der Waals surface area contributed by atoms with Gasteiger partial charge in [0.25, 0.3) is 0 Å². The maximum Gasteiger partial charge on any atom is 0.248 e. The monoisotopic (exact) mass is 329 g/mol. The standard InChI is InChI=1S/C17H16BrNO/c1-12-10-15(18)11-13(2)17(12)19-16(20)9-8-14-6-4-3-5-7-14/h3-11H,1-2H3,(H,19,20). The molecule has 1 amide bonds. The van der Waals surface area contributed by atoms with Crippen LogP contribution in [0.2, 0.25) is 0 Å². The summed E-state index contributed by atoms with van der Waals surface area (Å²) < 4.78 is 1.02. The summed E-state index contributed by atoms with van der Waals surface area (Å²) in [7, 11) is 0. The molecule has 0 unspecified atom stereocenters. The molecule has 20 heavy (non-hydrogen) atoms. The molecule has 0 aromatic heterocycles. The number of rotatable bonds is 3. The molecule has 2 nitrogen and oxygen atoms in total. The van der Waals surface area contributed by atoms with E-state index in [2.05, 4.69) is 21.2 Å². The van der Waals surface area contributed by atoms with Gasteiger partial charge in [-0.05, 0) is 48.7 Å². The highest BCUT2D eigenvalue weighted by atomic mass is 79.9. The zero-order valence-electron chi connectivity index (χ0n) is 11.5. The van der Waals surface area contributed by atoms with Crippen LogP contribution >= 0.6 is 15.9 Å². The quantitative estimate of drug-likeness (QED) is 0.811. The molecule has 0 spiro atoms. The van der Waals surface area contributed by atoms with Gasteiger partial charge in [-0.3, -0.25) is 4.79 Å². The Morgan fingerprint density at radius 3 is 2.30 bits per heavy atom. The van der Waals surface area contributed by atoms with Crippen LogP contribution in [-0.4, -0.2) is 5.91 Å². The van der Waals surface area contributed by atoms with Gasteiger partial charge in [0.05, 0.1) is 0 Å². The number of carbonyl (C=O) groups excluding carboxylic acids is 1. The lowest BCUT2D eigenvalue weighted by atomic mass is 10.1. The lowest BCUT2D eigenvalue weighted by molar-refractivity contribution is -0.111. The molecule has 2 aromatic carbocycles. The van der Waals surface area contributed by atoms with Crippen LogP contribution in [0.25, 0.3) is 6.08 Å². The van der Waals surface area contributed by atoms with Gasteiger partial charge in [-0.25, -0.2) is 0 Å². The molecule has 2 aromatic rings. The largest absolute Gasteiger partial charge is 0.322 e. The molecule has 0 aliphatic heterocycles. The average Bonchev–Trinajstić information content (AvgIpc) is 2.42. The van der Waals surface area contributed by atoms with Crippen LogP contribution in [0, 0.1) is 13.8 Å². The van der Waals surface area contributed by atoms with Crippen LogP contribution in [0.1, 0.15) is 16.7 Å². The smallest absolute Gasteiger partial charge is 0.248 e. The molecule has 0 saturated carbocycles. The topological polar surface area (TPSA) is 29.1 Å². The molecule has 0 fully saturated rings. The fourth-order valence-corrected chi connectivity index (χ4v) is 2.70. The Bertz CT molecular complexity index is 624. The van der Waals surface area contributed by atoms with Crippen LogP contribution in [0.3, 0.4) is 0 Å². The van der Waals surface area contributed by atoms with Crippen molar-refractivity contribution in [1.29, 1.82) is 0 Å². The summed E-state index contributed by atoms with van der Waals surface area (Å²) in [6.07, 6.45) is 3.36. The Kier molecular flexibility index (Phi) is 4.74. The van der Waals surface area contributed by atoms with E-state index >= 15 is 0 Å². The zero-order chi connectivity index (χ0) is 14.5. The van der Waals surface area contributed by atoms with Gasteiger partial charge in [-0.1, -0.05) is 46.3 Å². The molecule has 0 heterocycles. The number of carbonyl (C=O) groups is 1. The van der Waals surface area contributed by atoms with Crippen LogP contribution in [0.15, 0.2) is 53.0 Å². The summed E-state index contributed by atoms with van der Waals surface area (Å²) in [6.45, 7) is 3.96. The third-order valence-electron chi connectivity index (χ3n) is 2.97. The second-order valence-corrected chi connectivity index (χ2v) is 5.56. The van der Waals surface area contributed by atoms with E-state index in [0.29, 0.717) is 0 Å². The molecule has 0 bridgehead atoms. The number of amides is 1. The van der Waals surface area contributed by atoms with Gasteiger partial charge in [0.2, 0.25) is 5.91 Å². The fourth-order valence-electron chi connectivity index (χ4n) is 2.01. The molecule has 0 saturated heterocycles. The van der Waals surface area contributed by atoms with Crippen LogP contribution < -0.4 is 5.32 Å². The van der Waals surface area contributed by atoms with Gasteiger partial charge in [0.15, 0.2) is 0 Å². The number of aryl methyl sites for hydroxylation is 2. The van der Waals surface area contributed by atoms with Gasteiger partial charge < -0.3 is 5.32 Å². The van der Waals surface area contributed by atoms with Crippen molar-refractivity contribution >= 4 is 33.6 Å². The summed E-state index contributed by atoms with van der Waals surface area (Å²) in [6, 6.07) is 13.7. The molecule has 0 aliphatic rings. The first kappa shape index (κ1) is 14.5.